The zero-order valence-corrected chi connectivity index (χ0v) is 35.5. The molecule has 0 unspecified atom stereocenters. The summed E-state index contributed by atoms with van der Waals surface area (Å²) in [6, 6.07) is 31.7. The van der Waals surface area contributed by atoms with Crippen LogP contribution < -0.4 is 23.7 Å². The minimum Gasteiger partial charge on any atom is -0.494 e. The highest BCUT2D eigenvalue weighted by atomic mass is 16.6. The molecule has 5 aromatic carbocycles. The maximum atomic E-state index is 13.2. The topological polar surface area (TPSA) is 133 Å². The molecule has 0 aliphatic heterocycles. The fourth-order valence-corrected chi connectivity index (χ4v) is 6.29. The number of carbonyl (C=O) groups excluding carboxylic acids is 4. The van der Waals surface area contributed by atoms with Crippen molar-refractivity contribution in [3.05, 3.63) is 139 Å². The second kappa shape index (κ2) is 25.9. The van der Waals surface area contributed by atoms with E-state index in [-0.39, 0.29) is 34.8 Å². The lowest BCUT2D eigenvalue weighted by atomic mass is 10.1. The van der Waals surface area contributed by atoms with Crippen LogP contribution in [0, 0.1) is 0 Å². The number of unbranched alkanes of at least 4 members (excludes halogenated alkanes) is 8. The molecule has 11 heteroatoms. The summed E-state index contributed by atoms with van der Waals surface area (Å²) in [5, 5.41) is 2.36. The Morgan fingerprint density at radius 2 is 0.968 bits per heavy atom. The van der Waals surface area contributed by atoms with Crippen LogP contribution in [0.5, 0.6) is 28.7 Å². The van der Waals surface area contributed by atoms with E-state index in [2.05, 4.69) is 30.8 Å². The smallest absolute Gasteiger partial charge is 0.343 e. The highest BCUT2D eigenvalue weighted by molar-refractivity contribution is 5.97. The third-order valence-electron chi connectivity index (χ3n) is 9.76. The maximum absolute atomic E-state index is 13.2. The Balaban J connectivity index is 1.06. The van der Waals surface area contributed by atoms with Gasteiger partial charge in [0.1, 0.15) is 34.3 Å². The van der Waals surface area contributed by atoms with Crippen molar-refractivity contribution in [1.29, 1.82) is 0 Å². The van der Waals surface area contributed by atoms with Gasteiger partial charge in [-0.2, -0.15) is 0 Å². The summed E-state index contributed by atoms with van der Waals surface area (Å²) in [7, 11) is 0. The van der Waals surface area contributed by atoms with Gasteiger partial charge >= 0.3 is 23.9 Å². The van der Waals surface area contributed by atoms with E-state index < -0.39 is 23.9 Å². The number of esters is 4. The maximum Gasteiger partial charge on any atom is 0.343 e. The van der Waals surface area contributed by atoms with Crippen molar-refractivity contribution >= 4 is 34.6 Å². The van der Waals surface area contributed by atoms with Gasteiger partial charge in [0.05, 0.1) is 44.2 Å². The number of rotatable bonds is 27. The molecular weight excluding hydrogens is 789 g/mol. The van der Waals surface area contributed by atoms with E-state index in [4.69, 9.17) is 33.2 Å². The molecule has 0 spiro atoms. The molecule has 0 saturated carbocycles. The standard InChI is InChI=1S/C51H56O11/c1-3-5-12-35-60-51(55)46-37-45(61-49(53)39-20-24-42(25-21-39)56-32-14-8-9-16-34-59-48(52)4-2)29-30-47(46)62-50(54)40-22-26-43(27-23-40)57-31-13-6-7-15-33-58-44-28-19-38-17-10-11-18-41(38)36-44/h4,10-11,17-30,36-37H,2-3,5-9,12-16,31-35H2,1H3. The average Bonchev–Trinajstić information content (AvgIpc) is 3.30. The Labute approximate surface area is 363 Å². The largest absolute Gasteiger partial charge is 0.494 e. The molecule has 0 aliphatic rings. The molecule has 0 amide bonds. The van der Waals surface area contributed by atoms with Gasteiger partial charge in [0.25, 0.3) is 0 Å². The van der Waals surface area contributed by atoms with Gasteiger partial charge in [-0.05, 0) is 147 Å². The van der Waals surface area contributed by atoms with Gasteiger partial charge in [-0.15, -0.1) is 0 Å². The van der Waals surface area contributed by atoms with Gasteiger partial charge in [-0.3, -0.25) is 0 Å². The molecule has 0 heterocycles. The van der Waals surface area contributed by atoms with E-state index in [1.807, 2.05) is 25.1 Å². The van der Waals surface area contributed by atoms with Crippen molar-refractivity contribution in [2.24, 2.45) is 0 Å². The van der Waals surface area contributed by atoms with E-state index >= 15 is 0 Å². The lowest BCUT2D eigenvalue weighted by molar-refractivity contribution is -0.137. The van der Waals surface area contributed by atoms with Crippen molar-refractivity contribution in [1.82, 2.24) is 0 Å². The Morgan fingerprint density at radius 1 is 0.468 bits per heavy atom. The monoisotopic (exact) mass is 844 g/mol. The number of benzene rings is 5. The van der Waals surface area contributed by atoms with Crippen LogP contribution in [0.15, 0.2) is 122 Å². The van der Waals surface area contributed by atoms with Gasteiger partial charge in [0.15, 0.2) is 0 Å². The van der Waals surface area contributed by atoms with E-state index in [0.717, 1.165) is 76.0 Å². The lowest BCUT2D eigenvalue weighted by Crippen LogP contribution is -2.14. The van der Waals surface area contributed by atoms with Crippen molar-refractivity contribution in [3.63, 3.8) is 0 Å². The average molecular weight is 845 g/mol. The van der Waals surface area contributed by atoms with Crippen molar-refractivity contribution in [2.45, 2.75) is 77.6 Å². The molecule has 326 valence electrons. The van der Waals surface area contributed by atoms with E-state index in [0.29, 0.717) is 44.3 Å². The minimum atomic E-state index is -0.708. The third kappa shape index (κ3) is 15.8. The van der Waals surface area contributed by atoms with Crippen LogP contribution in [0.1, 0.15) is 109 Å². The second-order valence-electron chi connectivity index (χ2n) is 14.6. The Hall–Kier alpha value is -6.62. The first-order chi connectivity index (χ1) is 30.3. The second-order valence-corrected chi connectivity index (χ2v) is 14.6. The van der Waals surface area contributed by atoms with E-state index in [1.165, 1.54) is 29.0 Å². The van der Waals surface area contributed by atoms with Gasteiger partial charge in [-0.1, -0.05) is 56.7 Å². The molecule has 0 saturated heterocycles. The van der Waals surface area contributed by atoms with Crippen LogP contribution in [0.4, 0.5) is 0 Å². The number of hydrogen-bond acceptors (Lipinski definition) is 11. The van der Waals surface area contributed by atoms with Crippen molar-refractivity contribution < 1.29 is 52.3 Å². The third-order valence-corrected chi connectivity index (χ3v) is 9.76. The minimum absolute atomic E-state index is 0.0316. The molecule has 5 aromatic rings. The number of fused-ring (bicyclic) bond motifs is 1. The number of ether oxygens (including phenoxy) is 7. The molecule has 0 N–H and O–H groups in total. The Kier molecular flexibility index (Phi) is 19.4. The molecule has 62 heavy (non-hydrogen) atoms. The fraction of sp³-hybridized carbons (Fsp3) is 0.333. The zero-order valence-electron chi connectivity index (χ0n) is 35.5. The van der Waals surface area contributed by atoms with Crippen LogP contribution in [0.25, 0.3) is 10.8 Å². The summed E-state index contributed by atoms with van der Waals surface area (Å²) < 4.78 is 39.4. The number of hydrogen-bond donors (Lipinski definition) is 0. The molecule has 0 radical (unpaired) electrons. The summed E-state index contributed by atoms with van der Waals surface area (Å²) in [5.41, 5.74) is 0.483. The molecule has 0 aliphatic carbocycles. The summed E-state index contributed by atoms with van der Waals surface area (Å²) >= 11 is 0. The predicted molar refractivity (Wildman–Crippen MR) is 238 cm³/mol. The molecule has 11 nitrogen and oxygen atoms in total. The van der Waals surface area contributed by atoms with Crippen LogP contribution in [0.3, 0.4) is 0 Å². The van der Waals surface area contributed by atoms with Gasteiger partial charge in [0, 0.05) is 6.08 Å². The van der Waals surface area contributed by atoms with Crippen LogP contribution in [0.2, 0.25) is 0 Å². The van der Waals surface area contributed by atoms with Crippen LogP contribution in [-0.4, -0.2) is 56.9 Å². The van der Waals surface area contributed by atoms with Crippen molar-refractivity contribution in [3.8, 4) is 28.7 Å². The van der Waals surface area contributed by atoms with E-state index in [9.17, 15) is 19.2 Å². The summed E-state index contributed by atoms with van der Waals surface area (Å²) in [4.78, 5) is 50.6. The molecular formula is C51H56O11. The molecule has 5 rings (SSSR count). The zero-order chi connectivity index (χ0) is 43.8. The molecule has 0 bridgehead atoms. The predicted octanol–water partition coefficient (Wildman–Crippen LogP) is 11.3. The van der Waals surface area contributed by atoms with Crippen LogP contribution >= 0.6 is 0 Å². The fourth-order valence-electron chi connectivity index (χ4n) is 6.29. The quantitative estimate of drug-likeness (QED) is 0.0216. The first-order valence-corrected chi connectivity index (χ1v) is 21.4. The first kappa shape index (κ1) is 46.4. The summed E-state index contributed by atoms with van der Waals surface area (Å²) in [6.45, 7) is 7.67. The molecule has 0 atom stereocenters. The highest BCUT2D eigenvalue weighted by Crippen LogP contribution is 2.28. The van der Waals surface area contributed by atoms with Gasteiger partial charge in [-0.25, -0.2) is 19.2 Å². The van der Waals surface area contributed by atoms with Crippen molar-refractivity contribution in [2.75, 3.05) is 33.0 Å². The van der Waals surface area contributed by atoms with Gasteiger partial charge < -0.3 is 33.2 Å². The summed E-state index contributed by atoms with van der Waals surface area (Å²) in [6.07, 6.45) is 10.9. The SMILES string of the molecule is C=CC(=O)OCCCCCCOc1ccc(C(=O)Oc2ccc(OC(=O)c3ccc(OCCCCCCOc4ccc5ccccc5c4)cc3)c(C(=O)OCCCCC)c2)cc1. The highest BCUT2D eigenvalue weighted by Gasteiger charge is 2.21. The molecule has 0 fully saturated rings. The van der Waals surface area contributed by atoms with E-state index in [1.54, 1.807) is 48.5 Å². The molecule has 0 aromatic heterocycles. The Morgan fingerprint density at radius 3 is 1.56 bits per heavy atom. The van der Waals surface area contributed by atoms with Gasteiger partial charge in [0.2, 0.25) is 0 Å². The lowest BCUT2D eigenvalue weighted by Gasteiger charge is -2.13. The van der Waals surface area contributed by atoms with Crippen LogP contribution in [-0.2, 0) is 14.3 Å². The number of carbonyl (C=O) groups is 4. The Bertz CT molecular complexity index is 2190. The first-order valence-electron chi connectivity index (χ1n) is 21.4. The summed E-state index contributed by atoms with van der Waals surface area (Å²) in [5.74, 6) is -0.303. The normalized spacial score (nSPS) is 10.7.